The monoisotopic (exact) mass is 300 g/mol. The molecule has 0 saturated carbocycles. The fourth-order valence-corrected chi connectivity index (χ4v) is 2.82. The zero-order chi connectivity index (χ0) is 14.8. The number of rotatable bonds is 3. The predicted octanol–water partition coefficient (Wildman–Crippen LogP) is 3.55. The lowest BCUT2D eigenvalue weighted by Gasteiger charge is -2.11. The van der Waals surface area contributed by atoms with Crippen LogP contribution >= 0.6 is 11.6 Å². The number of fused-ring (bicyclic) bond motifs is 1. The predicted molar refractivity (Wildman–Crippen MR) is 85.3 cm³/mol. The van der Waals surface area contributed by atoms with Crippen molar-refractivity contribution in [3.63, 3.8) is 0 Å². The Labute approximate surface area is 129 Å². The molecule has 1 N–H and O–H groups in total. The summed E-state index contributed by atoms with van der Waals surface area (Å²) in [7, 11) is 2.09. The van der Waals surface area contributed by atoms with E-state index in [2.05, 4.69) is 23.3 Å². The highest BCUT2D eigenvalue weighted by Crippen LogP contribution is 2.26. The Morgan fingerprint density at radius 3 is 2.62 bits per heavy atom. The average molecular weight is 301 g/mol. The molecule has 0 aromatic heterocycles. The second-order valence-corrected chi connectivity index (χ2v) is 5.85. The highest BCUT2D eigenvalue weighted by atomic mass is 35.5. The molecule has 1 atom stereocenters. The molecule has 0 radical (unpaired) electrons. The molecule has 1 aliphatic rings. The van der Waals surface area contributed by atoms with Crippen molar-refractivity contribution in [2.24, 2.45) is 0 Å². The topological polar surface area (TPSA) is 32.3 Å². The zero-order valence-electron chi connectivity index (χ0n) is 11.8. The lowest BCUT2D eigenvalue weighted by Crippen LogP contribution is -2.17. The Morgan fingerprint density at radius 1 is 1.14 bits per heavy atom. The number of amides is 1. The summed E-state index contributed by atoms with van der Waals surface area (Å²) in [5.41, 5.74) is 4.19. The molecule has 0 spiro atoms. The summed E-state index contributed by atoms with van der Waals surface area (Å²) in [6.07, 6.45) is 0. The van der Waals surface area contributed by atoms with Crippen molar-refractivity contribution in [2.75, 3.05) is 12.4 Å². The van der Waals surface area contributed by atoms with Gasteiger partial charge in [-0.2, -0.15) is 0 Å². The molecule has 3 rings (SSSR count). The van der Waals surface area contributed by atoms with Gasteiger partial charge in [0, 0.05) is 18.8 Å². The van der Waals surface area contributed by atoms with Crippen LogP contribution in [0.3, 0.4) is 0 Å². The summed E-state index contributed by atoms with van der Waals surface area (Å²) < 4.78 is 0. The quantitative estimate of drug-likeness (QED) is 0.879. The number of nitrogens with zero attached hydrogens (tertiary/aromatic N) is 1. The van der Waals surface area contributed by atoms with Crippen molar-refractivity contribution >= 4 is 23.2 Å². The summed E-state index contributed by atoms with van der Waals surface area (Å²) in [6, 6.07) is 15.4. The van der Waals surface area contributed by atoms with E-state index in [0.717, 1.165) is 24.3 Å². The molecule has 2 aromatic carbocycles. The first-order valence-corrected chi connectivity index (χ1v) is 7.37. The van der Waals surface area contributed by atoms with Crippen LogP contribution in [0.2, 0.25) is 0 Å². The van der Waals surface area contributed by atoms with E-state index in [1.807, 2.05) is 42.5 Å². The first kappa shape index (κ1) is 14.1. The highest BCUT2D eigenvalue weighted by molar-refractivity contribution is 6.32. The van der Waals surface area contributed by atoms with Gasteiger partial charge >= 0.3 is 0 Å². The number of anilines is 1. The molecular formula is C17H17ClN2O. The van der Waals surface area contributed by atoms with E-state index in [4.69, 9.17) is 11.6 Å². The van der Waals surface area contributed by atoms with Gasteiger partial charge in [0.2, 0.25) is 5.91 Å². The Morgan fingerprint density at radius 2 is 1.86 bits per heavy atom. The van der Waals surface area contributed by atoms with E-state index in [-0.39, 0.29) is 5.91 Å². The third kappa shape index (κ3) is 3.09. The molecule has 2 aromatic rings. The molecule has 1 unspecified atom stereocenters. The first-order chi connectivity index (χ1) is 10.1. The number of nitrogens with one attached hydrogen (secondary N) is 1. The van der Waals surface area contributed by atoms with Crippen molar-refractivity contribution < 1.29 is 4.79 Å². The van der Waals surface area contributed by atoms with Gasteiger partial charge in [-0.15, -0.1) is 11.6 Å². The number of benzene rings is 2. The highest BCUT2D eigenvalue weighted by Gasteiger charge is 2.19. The van der Waals surface area contributed by atoms with Crippen LogP contribution in [0.4, 0.5) is 5.69 Å². The van der Waals surface area contributed by atoms with E-state index in [1.165, 1.54) is 11.1 Å². The SMILES string of the molecule is CN1Cc2ccc(NC(=O)C(Cl)c3ccccc3)cc2C1. The van der Waals surface area contributed by atoms with Crippen molar-refractivity contribution in [2.45, 2.75) is 18.5 Å². The van der Waals surface area contributed by atoms with Gasteiger partial charge in [0.15, 0.2) is 0 Å². The second kappa shape index (κ2) is 5.88. The molecule has 1 heterocycles. The van der Waals surface area contributed by atoms with Gasteiger partial charge in [-0.3, -0.25) is 9.69 Å². The van der Waals surface area contributed by atoms with Crippen LogP contribution in [-0.4, -0.2) is 17.9 Å². The maximum atomic E-state index is 12.2. The van der Waals surface area contributed by atoms with Crippen molar-refractivity contribution in [1.82, 2.24) is 4.90 Å². The Hall–Kier alpha value is -1.84. The summed E-state index contributed by atoms with van der Waals surface area (Å²) in [6.45, 7) is 1.88. The molecular weight excluding hydrogens is 284 g/mol. The van der Waals surface area contributed by atoms with Crippen LogP contribution in [0.1, 0.15) is 22.1 Å². The standard InChI is InChI=1S/C17H17ClN2O/c1-20-10-13-7-8-15(9-14(13)11-20)19-17(21)16(18)12-5-3-2-4-6-12/h2-9,16H,10-11H2,1H3,(H,19,21). The Balaban J connectivity index is 1.72. The fraction of sp³-hybridized carbons (Fsp3) is 0.235. The van der Waals surface area contributed by atoms with E-state index >= 15 is 0 Å². The summed E-state index contributed by atoms with van der Waals surface area (Å²) in [5, 5.41) is 2.22. The number of hydrogen-bond donors (Lipinski definition) is 1. The molecule has 108 valence electrons. The lowest BCUT2D eigenvalue weighted by atomic mass is 10.1. The van der Waals surface area contributed by atoms with Crippen LogP contribution in [0, 0.1) is 0 Å². The molecule has 0 bridgehead atoms. The van der Waals surface area contributed by atoms with Crippen molar-refractivity contribution in [3.8, 4) is 0 Å². The van der Waals surface area contributed by atoms with Crippen LogP contribution in [-0.2, 0) is 17.9 Å². The Kier molecular flexibility index (Phi) is 3.95. The number of carbonyl (C=O) groups is 1. The Bertz CT molecular complexity index is 657. The molecule has 21 heavy (non-hydrogen) atoms. The molecule has 0 saturated heterocycles. The lowest BCUT2D eigenvalue weighted by molar-refractivity contribution is -0.116. The van der Waals surface area contributed by atoms with E-state index in [9.17, 15) is 4.79 Å². The third-order valence-corrected chi connectivity index (χ3v) is 4.13. The van der Waals surface area contributed by atoms with Gasteiger partial charge < -0.3 is 5.32 Å². The summed E-state index contributed by atoms with van der Waals surface area (Å²) in [5.74, 6) is -0.200. The molecule has 0 fully saturated rings. The van der Waals surface area contributed by atoms with E-state index in [0.29, 0.717) is 0 Å². The van der Waals surface area contributed by atoms with Gasteiger partial charge in [-0.1, -0.05) is 36.4 Å². The van der Waals surface area contributed by atoms with Crippen LogP contribution in [0.5, 0.6) is 0 Å². The van der Waals surface area contributed by atoms with Gasteiger partial charge in [0.25, 0.3) is 0 Å². The minimum atomic E-state index is -0.679. The van der Waals surface area contributed by atoms with Crippen molar-refractivity contribution in [3.05, 3.63) is 65.2 Å². The number of carbonyl (C=O) groups excluding carboxylic acids is 1. The van der Waals surface area contributed by atoms with Gasteiger partial charge in [0.05, 0.1) is 0 Å². The van der Waals surface area contributed by atoms with Crippen LogP contribution < -0.4 is 5.32 Å². The molecule has 1 aliphatic heterocycles. The molecule has 4 heteroatoms. The fourth-order valence-electron chi connectivity index (χ4n) is 2.62. The number of hydrogen-bond acceptors (Lipinski definition) is 2. The van der Waals surface area contributed by atoms with E-state index < -0.39 is 5.38 Å². The van der Waals surface area contributed by atoms with E-state index in [1.54, 1.807) is 0 Å². The first-order valence-electron chi connectivity index (χ1n) is 6.94. The van der Waals surface area contributed by atoms with Crippen LogP contribution in [0.25, 0.3) is 0 Å². The number of halogens is 1. The van der Waals surface area contributed by atoms with Crippen molar-refractivity contribution in [1.29, 1.82) is 0 Å². The normalized spacial score (nSPS) is 15.5. The smallest absolute Gasteiger partial charge is 0.246 e. The van der Waals surface area contributed by atoms with Gasteiger partial charge in [-0.25, -0.2) is 0 Å². The van der Waals surface area contributed by atoms with Crippen LogP contribution in [0.15, 0.2) is 48.5 Å². The van der Waals surface area contributed by atoms with Gasteiger partial charge in [0.1, 0.15) is 5.38 Å². The summed E-state index contributed by atoms with van der Waals surface area (Å²) >= 11 is 6.23. The average Bonchev–Trinajstić information content (AvgIpc) is 2.86. The zero-order valence-corrected chi connectivity index (χ0v) is 12.6. The maximum absolute atomic E-state index is 12.2. The second-order valence-electron chi connectivity index (χ2n) is 5.42. The third-order valence-electron chi connectivity index (χ3n) is 3.68. The molecule has 1 amide bonds. The maximum Gasteiger partial charge on any atom is 0.246 e. The minimum Gasteiger partial charge on any atom is -0.324 e. The number of alkyl halides is 1. The molecule has 0 aliphatic carbocycles. The summed E-state index contributed by atoms with van der Waals surface area (Å²) in [4.78, 5) is 14.5. The largest absolute Gasteiger partial charge is 0.324 e. The molecule has 3 nitrogen and oxygen atoms in total. The minimum absolute atomic E-state index is 0.200. The van der Waals surface area contributed by atoms with Gasteiger partial charge in [-0.05, 0) is 35.9 Å².